The topological polar surface area (TPSA) is 55.7 Å². The maximum Gasteiger partial charge on any atom is 0.319 e. The Kier molecular flexibility index (Phi) is 2.51. The molecular formula is C10H8FNO3S. The van der Waals surface area contributed by atoms with Crippen LogP contribution in [0.3, 0.4) is 0 Å². The van der Waals surface area contributed by atoms with Crippen molar-refractivity contribution < 1.29 is 17.5 Å². The molecule has 2 rings (SSSR count). The largest absolute Gasteiger partial charge is 0.430 e. The Hall–Kier alpha value is -1.69. The molecule has 1 aliphatic rings. The first-order valence-corrected chi connectivity index (χ1v) is 5.97. The highest BCUT2D eigenvalue weighted by Gasteiger charge is 2.25. The van der Waals surface area contributed by atoms with Crippen molar-refractivity contribution in [1.29, 1.82) is 0 Å². The van der Waals surface area contributed by atoms with Gasteiger partial charge in [-0.05, 0) is 31.2 Å². The smallest absolute Gasteiger partial charge is 0.319 e. The lowest BCUT2D eigenvalue weighted by atomic mass is 10.3. The van der Waals surface area contributed by atoms with Crippen LogP contribution in [0.2, 0.25) is 0 Å². The quantitative estimate of drug-likeness (QED) is 0.754. The fourth-order valence-corrected chi connectivity index (χ4v) is 2.28. The van der Waals surface area contributed by atoms with Crippen molar-refractivity contribution in [2.45, 2.75) is 6.92 Å². The number of hydrogen-bond donors (Lipinski definition) is 0. The van der Waals surface area contributed by atoms with E-state index in [1.807, 2.05) is 0 Å². The second-order valence-electron chi connectivity index (χ2n) is 3.24. The molecule has 0 radical (unpaired) electrons. The number of ether oxygens (including phenoxy) is 1. The first-order valence-electron chi connectivity index (χ1n) is 4.43. The molecule has 0 amide bonds. The van der Waals surface area contributed by atoms with Crippen molar-refractivity contribution in [3.63, 3.8) is 0 Å². The summed E-state index contributed by atoms with van der Waals surface area (Å²) in [4.78, 5) is 3.73. The van der Waals surface area contributed by atoms with Crippen molar-refractivity contribution in [2.75, 3.05) is 0 Å². The van der Waals surface area contributed by atoms with Crippen molar-refractivity contribution >= 4 is 15.1 Å². The molecule has 0 spiro atoms. The molecule has 0 saturated heterocycles. The summed E-state index contributed by atoms with van der Waals surface area (Å²) >= 11 is 0. The van der Waals surface area contributed by atoms with Gasteiger partial charge in [0.25, 0.3) is 9.84 Å². The third-order valence-corrected chi connectivity index (χ3v) is 3.17. The third-order valence-electron chi connectivity index (χ3n) is 1.86. The highest BCUT2D eigenvalue weighted by atomic mass is 32.2. The van der Waals surface area contributed by atoms with Crippen molar-refractivity contribution in [1.82, 2.24) is 0 Å². The fraction of sp³-hybridized carbons (Fsp3) is 0.100. The van der Waals surface area contributed by atoms with Gasteiger partial charge in [-0.2, -0.15) is 0 Å². The van der Waals surface area contributed by atoms with Gasteiger partial charge < -0.3 is 4.74 Å². The van der Waals surface area contributed by atoms with Gasteiger partial charge in [0.2, 0.25) is 0 Å². The molecule has 16 heavy (non-hydrogen) atoms. The van der Waals surface area contributed by atoms with Crippen LogP contribution in [0, 0.1) is 5.82 Å². The first-order chi connectivity index (χ1) is 7.47. The van der Waals surface area contributed by atoms with Gasteiger partial charge in [0.1, 0.15) is 11.6 Å². The molecule has 0 bridgehead atoms. The molecule has 0 saturated carbocycles. The Morgan fingerprint density at radius 3 is 2.38 bits per heavy atom. The molecule has 1 aromatic rings. The van der Waals surface area contributed by atoms with E-state index >= 15 is 0 Å². The number of rotatable bonds is 1. The van der Waals surface area contributed by atoms with Gasteiger partial charge >= 0.3 is 5.23 Å². The van der Waals surface area contributed by atoms with Crippen molar-refractivity contribution in [3.8, 4) is 5.75 Å². The van der Waals surface area contributed by atoms with E-state index in [9.17, 15) is 12.8 Å². The summed E-state index contributed by atoms with van der Waals surface area (Å²) in [6, 6.07) is 5.03. The van der Waals surface area contributed by atoms with E-state index in [-0.39, 0.29) is 11.0 Å². The minimum atomic E-state index is -3.57. The van der Waals surface area contributed by atoms with Crippen LogP contribution in [-0.4, -0.2) is 13.6 Å². The molecule has 4 nitrogen and oxygen atoms in total. The van der Waals surface area contributed by atoms with Crippen LogP contribution in [0.25, 0.3) is 0 Å². The van der Waals surface area contributed by atoms with Crippen LogP contribution in [0.1, 0.15) is 6.92 Å². The summed E-state index contributed by atoms with van der Waals surface area (Å²) in [5.41, 5.74) is 0.358. The lowest BCUT2D eigenvalue weighted by Gasteiger charge is -2.03. The molecule has 1 heterocycles. The Bertz CT molecular complexity index is 573. The minimum Gasteiger partial charge on any atom is -0.430 e. The van der Waals surface area contributed by atoms with Gasteiger partial charge in [0.15, 0.2) is 0 Å². The van der Waals surface area contributed by atoms with Gasteiger partial charge in [0, 0.05) is 0 Å². The zero-order chi connectivity index (χ0) is 11.8. The predicted octanol–water partition coefficient (Wildman–Crippen LogP) is 1.85. The van der Waals surface area contributed by atoms with Crippen LogP contribution < -0.4 is 4.74 Å². The molecule has 1 aliphatic heterocycles. The third kappa shape index (κ3) is 2.11. The molecule has 84 valence electrons. The molecule has 0 unspecified atom stereocenters. The highest BCUT2D eigenvalue weighted by Crippen LogP contribution is 2.18. The molecule has 0 fully saturated rings. The molecule has 0 aromatic heterocycles. The van der Waals surface area contributed by atoms with E-state index < -0.39 is 15.7 Å². The maximum atomic E-state index is 12.6. The Morgan fingerprint density at radius 2 is 1.88 bits per heavy atom. The lowest BCUT2D eigenvalue weighted by Crippen LogP contribution is -2.15. The molecule has 0 aliphatic carbocycles. The zero-order valence-corrected chi connectivity index (χ0v) is 9.16. The summed E-state index contributed by atoms with van der Waals surface area (Å²) < 4.78 is 40.5. The molecule has 6 heteroatoms. The van der Waals surface area contributed by atoms with E-state index in [4.69, 9.17) is 4.74 Å². The molecular weight excluding hydrogens is 233 g/mol. The lowest BCUT2D eigenvalue weighted by molar-refractivity contribution is 0.546. The van der Waals surface area contributed by atoms with Crippen LogP contribution >= 0.6 is 0 Å². The van der Waals surface area contributed by atoms with Gasteiger partial charge in [-0.25, -0.2) is 17.8 Å². The zero-order valence-electron chi connectivity index (χ0n) is 8.34. The Morgan fingerprint density at radius 1 is 1.25 bits per heavy atom. The monoisotopic (exact) mass is 241 g/mol. The standard InChI is InChI=1S/C10H8FNO3S/c1-7-6-16(13,14)10(12-7)15-9-4-2-8(11)3-5-9/h2-6H,1H3. The molecule has 0 N–H and O–H groups in total. The van der Waals surface area contributed by atoms with Crippen LogP contribution in [0.15, 0.2) is 40.4 Å². The fourth-order valence-electron chi connectivity index (χ4n) is 1.19. The number of nitrogens with zero attached hydrogens (tertiary/aromatic N) is 1. The number of benzene rings is 1. The summed E-state index contributed by atoms with van der Waals surface area (Å²) in [7, 11) is -3.57. The second-order valence-corrected chi connectivity index (χ2v) is 4.91. The van der Waals surface area contributed by atoms with Crippen LogP contribution in [0.5, 0.6) is 5.75 Å². The Balaban J connectivity index is 2.25. The number of allylic oxidation sites excluding steroid dienone is 1. The van der Waals surface area contributed by atoms with E-state index in [0.717, 1.165) is 5.41 Å². The van der Waals surface area contributed by atoms with Gasteiger partial charge in [0.05, 0.1) is 11.1 Å². The van der Waals surface area contributed by atoms with E-state index in [2.05, 4.69) is 4.99 Å². The molecule has 1 aromatic carbocycles. The summed E-state index contributed by atoms with van der Waals surface area (Å²) in [5.74, 6) is -0.190. The molecule has 0 atom stereocenters. The summed E-state index contributed by atoms with van der Waals surface area (Å²) in [5, 5.41) is 0.642. The predicted molar refractivity (Wildman–Crippen MR) is 57.1 cm³/mol. The number of halogens is 1. The van der Waals surface area contributed by atoms with Crippen molar-refractivity contribution in [2.24, 2.45) is 4.99 Å². The number of aliphatic imine (C=N–C) groups is 1. The average Bonchev–Trinajstić information content (AvgIpc) is 2.43. The second kappa shape index (κ2) is 3.71. The van der Waals surface area contributed by atoms with Gasteiger partial charge in [-0.1, -0.05) is 0 Å². The van der Waals surface area contributed by atoms with Gasteiger partial charge in [-0.15, -0.1) is 0 Å². The van der Waals surface area contributed by atoms with E-state index in [1.54, 1.807) is 6.92 Å². The number of hydrogen-bond acceptors (Lipinski definition) is 4. The van der Waals surface area contributed by atoms with E-state index in [0.29, 0.717) is 5.70 Å². The highest BCUT2D eigenvalue weighted by molar-refractivity contribution is 8.08. The number of sulfone groups is 1. The van der Waals surface area contributed by atoms with E-state index in [1.165, 1.54) is 24.3 Å². The Labute approximate surface area is 92.0 Å². The van der Waals surface area contributed by atoms with Crippen LogP contribution in [-0.2, 0) is 9.84 Å². The SMILES string of the molecule is CC1=CS(=O)(=O)C(Oc2ccc(F)cc2)=N1. The van der Waals surface area contributed by atoms with Crippen LogP contribution in [0.4, 0.5) is 4.39 Å². The van der Waals surface area contributed by atoms with Gasteiger partial charge in [-0.3, -0.25) is 0 Å². The van der Waals surface area contributed by atoms with Crippen molar-refractivity contribution in [3.05, 3.63) is 41.2 Å². The normalized spacial score (nSPS) is 17.9. The first kappa shape index (κ1) is 10.8. The minimum absolute atomic E-state index is 0.229. The maximum absolute atomic E-state index is 12.6. The summed E-state index contributed by atoms with van der Waals surface area (Å²) in [6.45, 7) is 1.55. The summed E-state index contributed by atoms with van der Waals surface area (Å²) in [6.07, 6.45) is 0. The average molecular weight is 241 g/mol.